The largest absolute Gasteiger partial charge is 0.447 e. The normalized spacial score (nSPS) is 17.5. The van der Waals surface area contributed by atoms with Crippen LogP contribution in [-0.2, 0) is 4.74 Å². The van der Waals surface area contributed by atoms with Crippen molar-refractivity contribution in [3.8, 4) is 0 Å². The van der Waals surface area contributed by atoms with Crippen LogP contribution in [0.3, 0.4) is 0 Å². The molecule has 1 atom stereocenters. The average Bonchev–Trinajstić information content (AvgIpc) is 3.13. The van der Waals surface area contributed by atoms with E-state index in [-0.39, 0.29) is 12.2 Å². The molecule has 28 heavy (non-hydrogen) atoms. The highest BCUT2D eigenvalue weighted by Gasteiger charge is 2.18. The summed E-state index contributed by atoms with van der Waals surface area (Å²) >= 11 is 0. The molecule has 0 aliphatic heterocycles. The van der Waals surface area contributed by atoms with E-state index in [0.717, 1.165) is 47.0 Å². The number of benzene rings is 1. The Kier molecular flexibility index (Phi) is 6.13. The van der Waals surface area contributed by atoms with Crippen LogP contribution in [0.5, 0.6) is 0 Å². The minimum atomic E-state index is -0.361. The van der Waals surface area contributed by atoms with Gasteiger partial charge in [-0.25, -0.2) is 9.79 Å². The quantitative estimate of drug-likeness (QED) is 0.520. The summed E-state index contributed by atoms with van der Waals surface area (Å²) in [6.07, 6.45) is 6.12. The fraction of sp³-hybridized carbons (Fsp3) is 0.381. The topological polar surface area (TPSA) is 105 Å². The molecule has 1 aliphatic carbocycles. The van der Waals surface area contributed by atoms with Crippen LogP contribution in [0.1, 0.15) is 33.1 Å². The van der Waals surface area contributed by atoms with Gasteiger partial charge >= 0.3 is 6.09 Å². The van der Waals surface area contributed by atoms with Gasteiger partial charge in [0.2, 0.25) is 0 Å². The lowest BCUT2D eigenvalue weighted by atomic mass is 9.86. The molecule has 0 radical (unpaired) electrons. The van der Waals surface area contributed by atoms with Crippen LogP contribution >= 0.6 is 0 Å². The number of aromatic amines is 1. The third-order valence-electron chi connectivity index (χ3n) is 4.77. The van der Waals surface area contributed by atoms with Gasteiger partial charge < -0.3 is 15.8 Å². The van der Waals surface area contributed by atoms with Crippen LogP contribution in [-0.4, -0.2) is 34.8 Å². The van der Waals surface area contributed by atoms with Gasteiger partial charge in [0.1, 0.15) is 5.84 Å². The van der Waals surface area contributed by atoms with Crippen molar-refractivity contribution < 1.29 is 9.53 Å². The minimum absolute atomic E-state index is 0.113. The second-order valence-corrected chi connectivity index (χ2v) is 7.32. The van der Waals surface area contributed by atoms with Gasteiger partial charge in [-0.2, -0.15) is 5.10 Å². The maximum absolute atomic E-state index is 11.6. The Bertz CT molecular complexity index is 926. The molecule has 148 valence electrons. The summed E-state index contributed by atoms with van der Waals surface area (Å²) < 4.78 is 5.09. The first-order valence-corrected chi connectivity index (χ1v) is 9.53. The number of allylic oxidation sites excluding steroid dienone is 1. The van der Waals surface area contributed by atoms with Gasteiger partial charge in [0.25, 0.3) is 0 Å². The summed E-state index contributed by atoms with van der Waals surface area (Å²) in [7, 11) is 0. The number of nitrogens with zero attached hydrogens (tertiary/aromatic N) is 2. The van der Waals surface area contributed by atoms with Gasteiger partial charge in [0, 0.05) is 17.5 Å². The Morgan fingerprint density at radius 3 is 3.04 bits per heavy atom. The number of hydrogen-bond acceptors (Lipinski definition) is 4. The Balaban J connectivity index is 1.57. The van der Waals surface area contributed by atoms with Crippen LogP contribution in [0.15, 0.2) is 53.2 Å². The molecule has 1 heterocycles. The SMILES string of the molecule is C=C(C1=CCC(CNC(=O)OC(C)C)CC1)C(N)=Nc1ccc2[nH]ncc2c1. The number of aromatic nitrogens is 2. The molecule has 7 nitrogen and oxygen atoms in total. The molecule has 0 fully saturated rings. The van der Waals surface area contributed by atoms with Crippen LogP contribution in [0.2, 0.25) is 0 Å². The third kappa shape index (κ3) is 5.00. The second-order valence-electron chi connectivity index (χ2n) is 7.32. The van der Waals surface area contributed by atoms with Crippen molar-refractivity contribution in [1.82, 2.24) is 15.5 Å². The zero-order valence-corrected chi connectivity index (χ0v) is 16.4. The van der Waals surface area contributed by atoms with Crippen molar-refractivity contribution in [3.63, 3.8) is 0 Å². The summed E-state index contributed by atoms with van der Waals surface area (Å²) in [5.41, 5.74) is 9.80. The Morgan fingerprint density at radius 2 is 2.32 bits per heavy atom. The molecule has 1 aromatic heterocycles. The second kappa shape index (κ2) is 8.73. The molecule has 7 heteroatoms. The summed E-state index contributed by atoms with van der Waals surface area (Å²) in [5, 5.41) is 10.7. The summed E-state index contributed by atoms with van der Waals surface area (Å²) in [4.78, 5) is 16.1. The van der Waals surface area contributed by atoms with Crippen LogP contribution in [0, 0.1) is 5.92 Å². The maximum atomic E-state index is 11.6. The molecule has 3 rings (SSSR count). The first kappa shape index (κ1) is 19.7. The van der Waals surface area contributed by atoms with Crippen molar-refractivity contribution in [1.29, 1.82) is 0 Å². The fourth-order valence-electron chi connectivity index (χ4n) is 3.20. The first-order valence-electron chi connectivity index (χ1n) is 9.53. The Morgan fingerprint density at radius 1 is 1.50 bits per heavy atom. The fourth-order valence-corrected chi connectivity index (χ4v) is 3.20. The number of amides is 1. The van der Waals surface area contributed by atoms with E-state index in [1.165, 1.54) is 0 Å². The zero-order valence-electron chi connectivity index (χ0n) is 16.4. The maximum Gasteiger partial charge on any atom is 0.407 e. The van der Waals surface area contributed by atoms with E-state index in [4.69, 9.17) is 10.5 Å². The number of alkyl carbamates (subject to hydrolysis) is 1. The standard InChI is InChI=1S/C21H27N5O2/c1-13(2)28-21(27)23-11-15-4-6-16(7-5-15)14(3)20(22)25-18-8-9-19-17(10-18)12-24-26-19/h6,8-10,12-13,15H,3-5,7,11H2,1-2H3,(H2,22,25)(H,23,27)(H,24,26). The number of fused-ring (bicyclic) bond motifs is 1. The molecule has 4 N–H and O–H groups in total. The van der Waals surface area contributed by atoms with E-state index in [0.29, 0.717) is 18.3 Å². The van der Waals surface area contributed by atoms with Gasteiger partial charge in [-0.1, -0.05) is 12.7 Å². The van der Waals surface area contributed by atoms with Crippen LogP contribution < -0.4 is 11.1 Å². The van der Waals surface area contributed by atoms with E-state index < -0.39 is 0 Å². The molecule has 1 amide bonds. The Hall–Kier alpha value is -3.09. The zero-order chi connectivity index (χ0) is 20.1. The van der Waals surface area contributed by atoms with E-state index in [2.05, 4.69) is 33.2 Å². The van der Waals surface area contributed by atoms with Crippen molar-refractivity contribution in [3.05, 3.63) is 48.2 Å². The lowest BCUT2D eigenvalue weighted by Crippen LogP contribution is -2.32. The Labute approximate surface area is 164 Å². The van der Waals surface area contributed by atoms with Gasteiger partial charge in [-0.05, 0) is 62.8 Å². The number of ether oxygens (including phenoxy) is 1. The predicted molar refractivity (Wildman–Crippen MR) is 112 cm³/mol. The van der Waals surface area contributed by atoms with Crippen LogP contribution in [0.4, 0.5) is 10.5 Å². The summed E-state index contributed by atoms with van der Waals surface area (Å²) in [6, 6.07) is 5.76. The summed E-state index contributed by atoms with van der Waals surface area (Å²) in [5.74, 6) is 0.809. The number of carbonyl (C=O) groups excluding carboxylic acids is 1. The monoisotopic (exact) mass is 381 g/mol. The van der Waals surface area contributed by atoms with E-state index in [9.17, 15) is 4.79 Å². The highest BCUT2D eigenvalue weighted by molar-refractivity contribution is 6.02. The lowest BCUT2D eigenvalue weighted by molar-refractivity contribution is 0.114. The van der Waals surface area contributed by atoms with Gasteiger partial charge in [-0.15, -0.1) is 0 Å². The number of nitrogens with one attached hydrogen (secondary N) is 2. The number of nitrogens with two attached hydrogens (primary N) is 1. The molecule has 0 bridgehead atoms. The molecule has 1 aromatic carbocycles. The molecule has 1 unspecified atom stereocenters. The molecule has 0 saturated carbocycles. The molecule has 0 saturated heterocycles. The molecule has 0 spiro atoms. The number of amidine groups is 1. The number of aliphatic imine (C=N–C) groups is 1. The van der Waals surface area contributed by atoms with E-state index in [1.54, 1.807) is 6.20 Å². The van der Waals surface area contributed by atoms with Crippen LogP contribution in [0.25, 0.3) is 10.9 Å². The van der Waals surface area contributed by atoms with Crippen molar-refractivity contribution in [2.45, 2.75) is 39.2 Å². The number of carbonyl (C=O) groups is 1. The number of rotatable bonds is 6. The predicted octanol–water partition coefficient (Wildman–Crippen LogP) is 3.97. The average molecular weight is 381 g/mol. The highest BCUT2D eigenvalue weighted by Crippen LogP contribution is 2.28. The van der Waals surface area contributed by atoms with E-state index >= 15 is 0 Å². The first-order chi connectivity index (χ1) is 13.4. The molecule has 1 aliphatic rings. The van der Waals surface area contributed by atoms with Gasteiger partial charge in [-0.3, -0.25) is 5.10 Å². The minimum Gasteiger partial charge on any atom is -0.447 e. The molecular formula is C21H27N5O2. The van der Waals surface area contributed by atoms with Crippen molar-refractivity contribution >= 4 is 28.5 Å². The van der Waals surface area contributed by atoms with Gasteiger partial charge in [0.15, 0.2) is 0 Å². The molecule has 2 aromatic rings. The van der Waals surface area contributed by atoms with E-state index in [1.807, 2.05) is 32.0 Å². The number of hydrogen-bond donors (Lipinski definition) is 3. The number of H-pyrrole nitrogens is 1. The molecular weight excluding hydrogens is 354 g/mol. The third-order valence-corrected chi connectivity index (χ3v) is 4.77. The smallest absolute Gasteiger partial charge is 0.407 e. The van der Waals surface area contributed by atoms with Crippen molar-refractivity contribution in [2.75, 3.05) is 6.54 Å². The summed E-state index contributed by atoms with van der Waals surface area (Å²) in [6.45, 7) is 8.40. The highest BCUT2D eigenvalue weighted by atomic mass is 16.6. The van der Waals surface area contributed by atoms with Gasteiger partial charge in [0.05, 0.1) is 23.5 Å². The van der Waals surface area contributed by atoms with Crippen molar-refractivity contribution in [2.24, 2.45) is 16.6 Å². The lowest BCUT2D eigenvalue weighted by Gasteiger charge is -2.23.